The van der Waals surface area contributed by atoms with Gasteiger partial charge in [0, 0.05) is 20.1 Å². The van der Waals surface area contributed by atoms with E-state index in [1.807, 2.05) is 57.0 Å². The molecule has 0 heterocycles. The molecule has 1 rings (SSSR count). The van der Waals surface area contributed by atoms with E-state index in [0.717, 1.165) is 23.8 Å². The van der Waals surface area contributed by atoms with Crippen LogP contribution in [0.3, 0.4) is 0 Å². The molecule has 0 saturated carbocycles. The molecule has 0 spiro atoms. The van der Waals surface area contributed by atoms with Crippen LogP contribution >= 0.6 is 24.0 Å². The van der Waals surface area contributed by atoms with Crippen LogP contribution in [0.1, 0.15) is 26.3 Å². The van der Waals surface area contributed by atoms with Crippen molar-refractivity contribution in [2.45, 2.75) is 27.3 Å². The summed E-state index contributed by atoms with van der Waals surface area (Å²) in [6.07, 6.45) is 0. The third kappa shape index (κ3) is 8.42. The van der Waals surface area contributed by atoms with E-state index in [1.54, 1.807) is 0 Å². The number of guanidine groups is 1. The van der Waals surface area contributed by atoms with Crippen LogP contribution in [0.2, 0.25) is 0 Å². The Morgan fingerprint density at radius 3 is 2.44 bits per heavy atom. The van der Waals surface area contributed by atoms with Gasteiger partial charge in [0.15, 0.2) is 5.96 Å². The number of methoxy groups -OCH3 is 1. The Kier molecular flexibility index (Phi) is 12.0. The summed E-state index contributed by atoms with van der Waals surface area (Å²) in [4.78, 5) is 18.1. The highest BCUT2D eigenvalue weighted by Crippen LogP contribution is 2.13. The summed E-state index contributed by atoms with van der Waals surface area (Å²) in [5.41, 5.74) is 1.16. The lowest BCUT2D eigenvalue weighted by molar-refractivity contribution is -0.144. The lowest BCUT2D eigenvalue weighted by atomic mass is 10.2. The van der Waals surface area contributed by atoms with E-state index in [0.29, 0.717) is 19.7 Å². The van der Waals surface area contributed by atoms with Gasteiger partial charge in [0.2, 0.25) is 0 Å². The minimum Gasteiger partial charge on any atom is -0.494 e. The Morgan fingerprint density at radius 1 is 1.28 bits per heavy atom. The quantitative estimate of drug-likeness (QED) is 0.278. The largest absolute Gasteiger partial charge is 0.494 e. The number of nitrogens with zero attached hydrogens (tertiary/aromatic N) is 2. The maximum absolute atomic E-state index is 11.5. The van der Waals surface area contributed by atoms with Crippen LogP contribution in [0.4, 0.5) is 0 Å². The lowest BCUT2D eigenvalue weighted by Gasteiger charge is -2.22. The molecular weight excluding hydrogens is 433 g/mol. The van der Waals surface area contributed by atoms with Gasteiger partial charge in [0.1, 0.15) is 5.75 Å². The predicted molar refractivity (Wildman–Crippen MR) is 112 cm³/mol. The van der Waals surface area contributed by atoms with Crippen LogP contribution < -0.4 is 10.1 Å². The van der Waals surface area contributed by atoms with E-state index in [-0.39, 0.29) is 35.9 Å². The van der Waals surface area contributed by atoms with Crippen LogP contribution in [0.15, 0.2) is 29.3 Å². The molecular formula is C18H30IN3O3. The van der Waals surface area contributed by atoms with Gasteiger partial charge >= 0.3 is 5.97 Å². The highest BCUT2D eigenvalue weighted by Gasteiger charge is 2.14. The summed E-state index contributed by atoms with van der Waals surface area (Å²) in [7, 11) is 3.37. The molecule has 0 amide bonds. The van der Waals surface area contributed by atoms with Crippen LogP contribution in [-0.2, 0) is 16.1 Å². The molecule has 1 aromatic rings. The summed E-state index contributed by atoms with van der Waals surface area (Å²) in [6.45, 7) is 8.33. The first-order valence-corrected chi connectivity index (χ1v) is 8.30. The fourth-order valence-electron chi connectivity index (χ4n) is 2.18. The van der Waals surface area contributed by atoms with E-state index in [9.17, 15) is 4.79 Å². The van der Waals surface area contributed by atoms with E-state index < -0.39 is 0 Å². The molecule has 25 heavy (non-hydrogen) atoms. The number of ether oxygens (including phenoxy) is 2. The number of hydrogen-bond acceptors (Lipinski definition) is 4. The van der Waals surface area contributed by atoms with Crippen molar-refractivity contribution in [3.63, 3.8) is 0 Å². The number of rotatable bonds is 8. The molecule has 0 aliphatic carbocycles. The van der Waals surface area contributed by atoms with E-state index in [2.05, 4.69) is 10.3 Å². The third-order valence-electron chi connectivity index (χ3n) is 3.47. The third-order valence-corrected chi connectivity index (χ3v) is 3.47. The molecule has 0 bridgehead atoms. The smallest absolute Gasteiger partial charge is 0.310 e. The molecule has 1 atom stereocenters. The standard InChI is InChI=1S/C18H29N3O3.HI/c1-6-19-18(20-12-14(3)17(22)23-5)21(4)13-15-8-10-16(11-9-15)24-7-2;/h8-11,14H,6-7,12-13H2,1-5H3,(H,19,20);1H. The molecule has 142 valence electrons. The van der Waals surface area contributed by atoms with Gasteiger partial charge in [0.05, 0.1) is 26.2 Å². The maximum atomic E-state index is 11.5. The zero-order valence-electron chi connectivity index (χ0n) is 15.7. The van der Waals surface area contributed by atoms with Crippen molar-refractivity contribution in [1.29, 1.82) is 0 Å². The topological polar surface area (TPSA) is 63.2 Å². The molecule has 0 saturated heterocycles. The number of aliphatic imine (C=N–C) groups is 1. The van der Waals surface area contributed by atoms with Crippen molar-refractivity contribution in [3.8, 4) is 5.75 Å². The average molecular weight is 463 g/mol. The zero-order chi connectivity index (χ0) is 17.9. The van der Waals surface area contributed by atoms with E-state index in [4.69, 9.17) is 9.47 Å². The maximum Gasteiger partial charge on any atom is 0.310 e. The molecule has 7 heteroatoms. The van der Waals surface area contributed by atoms with Crippen molar-refractivity contribution < 1.29 is 14.3 Å². The van der Waals surface area contributed by atoms with Crippen molar-refractivity contribution in [2.24, 2.45) is 10.9 Å². The molecule has 6 nitrogen and oxygen atoms in total. The summed E-state index contributed by atoms with van der Waals surface area (Å²) in [5.74, 6) is 1.13. The van der Waals surface area contributed by atoms with Gasteiger partial charge < -0.3 is 19.7 Å². The highest BCUT2D eigenvalue weighted by atomic mass is 127. The van der Waals surface area contributed by atoms with Crippen molar-refractivity contribution in [3.05, 3.63) is 29.8 Å². The SMILES string of the molecule is CCNC(=NCC(C)C(=O)OC)N(C)Cc1ccc(OCC)cc1.I. The zero-order valence-corrected chi connectivity index (χ0v) is 18.1. The lowest BCUT2D eigenvalue weighted by Crippen LogP contribution is -2.39. The average Bonchev–Trinajstić information content (AvgIpc) is 2.59. The normalized spacial score (nSPS) is 12.0. The number of nitrogens with one attached hydrogen (secondary N) is 1. The molecule has 0 fully saturated rings. The molecule has 1 unspecified atom stereocenters. The Morgan fingerprint density at radius 2 is 1.92 bits per heavy atom. The van der Waals surface area contributed by atoms with Gasteiger partial charge in [-0.15, -0.1) is 24.0 Å². The number of carbonyl (C=O) groups excluding carboxylic acids is 1. The second-order valence-electron chi connectivity index (χ2n) is 5.55. The summed E-state index contributed by atoms with van der Waals surface area (Å²) in [5, 5.41) is 3.25. The number of esters is 1. The number of carbonyl (C=O) groups is 1. The first-order valence-electron chi connectivity index (χ1n) is 8.30. The molecule has 0 aromatic heterocycles. The minimum atomic E-state index is -0.262. The van der Waals surface area contributed by atoms with Crippen LogP contribution in [-0.4, -0.2) is 50.7 Å². The number of benzene rings is 1. The van der Waals surface area contributed by atoms with Gasteiger partial charge in [-0.1, -0.05) is 19.1 Å². The Labute approximate surface area is 168 Å². The van der Waals surface area contributed by atoms with Crippen molar-refractivity contribution >= 4 is 35.9 Å². The Hall–Kier alpha value is -1.51. The number of halogens is 1. The van der Waals surface area contributed by atoms with Crippen molar-refractivity contribution in [2.75, 3.05) is 33.9 Å². The molecule has 1 aromatic carbocycles. The van der Waals surface area contributed by atoms with Crippen LogP contribution in [0.5, 0.6) is 5.75 Å². The van der Waals surface area contributed by atoms with Gasteiger partial charge in [0.25, 0.3) is 0 Å². The van der Waals surface area contributed by atoms with Crippen LogP contribution in [0.25, 0.3) is 0 Å². The molecule has 0 aliphatic rings. The minimum absolute atomic E-state index is 0. The summed E-state index contributed by atoms with van der Waals surface area (Å²) >= 11 is 0. The van der Waals surface area contributed by atoms with Gasteiger partial charge in [-0.2, -0.15) is 0 Å². The van der Waals surface area contributed by atoms with Gasteiger partial charge in [-0.3, -0.25) is 9.79 Å². The number of hydrogen-bond donors (Lipinski definition) is 1. The fraction of sp³-hybridized carbons (Fsp3) is 0.556. The first-order chi connectivity index (χ1) is 11.5. The van der Waals surface area contributed by atoms with Gasteiger partial charge in [-0.25, -0.2) is 0 Å². The first kappa shape index (κ1) is 23.5. The van der Waals surface area contributed by atoms with Crippen molar-refractivity contribution in [1.82, 2.24) is 10.2 Å². The second-order valence-corrected chi connectivity index (χ2v) is 5.55. The van der Waals surface area contributed by atoms with E-state index in [1.165, 1.54) is 7.11 Å². The van der Waals surface area contributed by atoms with Gasteiger partial charge in [-0.05, 0) is 31.5 Å². The highest BCUT2D eigenvalue weighted by molar-refractivity contribution is 14.0. The molecule has 0 radical (unpaired) electrons. The molecule has 0 aliphatic heterocycles. The predicted octanol–water partition coefficient (Wildman–Crippen LogP) is 2.91. The Bertz CT molecular complexity index is 535. The second kappa shape index (κ2) is 12.8. The van der Waals surface area contributed by atoms with Crippen LogP contribution in [0, 0.1) is 5.92 Å². The fourth-order valence-corrected chi connectivity index (χ4v) is 2.18. The van der Waals surface area contributed by atoms with E-state index >= 15 is 0 Å². The monoisotopic (exact) mass is 463 g/mol. The molecule has 1 N–H and O–H groups in total. The summed E-state index contributed by atoms with van der Waals surface area (Å²) in [6, 6.07) is 8.02. The Balaban J connectivity index is 0.00000576. The summed E-state index contributed by atoms with van der Waals surface area (Å²) < 4.78 is 10.2.